The van der Waals surface area contributed by atoms with Crippen LogP contribution in [0, 0.1) is 3.57 Å². The van der Waals surface area contributed by atoms with Crippen molar-refractivity contribution in [3.05, 3.63) is 68.8 Å². The molecule has 0 aliphatic carbocycles. The van der Waals surface area contributed by atoms with Crippen LogP contribution in [0.1, 0.15) is 26.3 Å². The first kappa shape index (κ1) is 15.5. The van der Waals surface area contributed by atoms with E-state index in [1.165, 1.54) is 0 Å². The Kier molecular flexibility index (Phi) is 5.32. The summed E-state index contributed by atoms with van der Waals surface area (Å²) >= 11 is 2.20. The smallest absolute Gasteiger partial charge is 0.251 e. The molecule has 2 N–H and O–H groups in total. The third-order valence-electron chi connectivity index (χ3n) is 3.00. The van der Waals surface area contributed by atoms with Gasteiger partial charge in [0.25, 0.3) is 11.8 Å². The van der Waals surface area contributed by atoms with Crippen molar-refractivity contribution in [1.29, 1.82) is 0 Å². The quantitative estimate of drug-likeness (QED) is 0.784. The Balaban J connectivity index is 1.95. The lowest BCUT2D eigenvalue weighted by Gasteiger charge is -2.06. The van der Waals surface area contributed by atoms with Crippen LogP contribution in [0.3, 0.4) is 0 Å². The van der Waals surface area contributed by atoms with E-state index in [1.807, 2.05) is 24.3 Å². The summed E-state index contributed by atoms with van der Waals surface area (Å²) in [6.45, 7) is 0.429. The summed E-state index contributed by atoms with van der Waals surface area (Å²) in [5.74, 6) is -0.230. The normalized spacial score (nSPS) is 10.0. The number of hydrogen-bond donors (Lipinski definition) is 2. The lowest BCUT2D eigenvalue weighted by molar-refractivity contribution is 0.0946. The molecule has 0 radical (unpaired) electrons. The summed E-state index contributed by atoms with van der Waals surface area (Å²) in [5.41, 5.74) is 2.18. The first-order chi connectivity index (χ1) is 10.1. The fraction of sp³-hybridized carbons (Fsp3) is 0.125. The van der Waals surface area contributed by atoms with Crippen LogP contribution in [-0.4, -0.2) is 18.9 Å². The highest BCUT2D eigenvalue weighted by Gasteiger charge is 2.06. The van der Waals surface area contributed by atoms with Gasteiger partial charge in [0.15, 0.2) is 0 Å². The number of benzene rings is 2. The highest BCUT2D eigenvalue weighted by Crippen LogP contribution is 2.08. The highest BCUT2D eigenvalue weighted by atomic mass is 127. The Labute approximate surface area is 137 Å². The molecule has 2 rings (SSSR count). The Morgan fingerprint density at radius 1 is 0.905 bits per heavy atom. The highest BCUT2D eigenvalue weighted by molar-refractivity contribution is 14.1. The van der Waals surface area contributed by atoms with Gasteiger partial charge in [-0.05, 0) is 64.6 Å². The lowest BCUT2D eigenvalue weighted by Crippen LogP contribution is -2.23. The zero-order valence-electron chi connectivity index (χ0n) is 11.5. The maximum absolute atomic E-state index is 12.0. The van der Waals surface area contributed by atoms with E-state index < -0.39 is 0 Å². The van der Waals surface area contributed by atoms with Crippen molar-refractivity contribution in [3.8, 4) is 0 Å². The van der Waals surface area contributed by atoms with Crippen molar-refractivity contribution >= 4 is 34.4 Å². The van der Waals surface area contributed by atoms with Gasteiger partial charge in [0.1, 0.15) is 0 Å². The molecule has 0 bridgehead atoms. The third-order valence-corrected chi connectivity index (χ3v) is 3.72. The number of nitrogens with one attached hydrogen (secondary N) is 2. The number of carbonyl (C=O) groups is 2. The van der Waals surface area contributed by atoms with Gasteiger partial charge in [-0.1, -0.05) is 12.1 Å². The minimum atomic E-state index is -0.121. The fourth-order valence-corrected chi connectivity index (χ4v) is 2.16. The topological polar surface area (TPSA) is 58.2 Å². The molecule has 4 nitrogen and oxygen atoms in total. The van der Waals surface area contributed by atoms with Crippen LogP contribution in [-0.2, 0) is 6.54 Å². The second-order valence-electron chi connectivity index (χ2n) is 4.47. The van der Waals surface area contributed by atoms with Crippen LogP contribution in [0.15, 0.2) is 48.5 Å². The molecule has 0 atom stereocenters. The minimum absolute atomic E-state index is 0.109. The predicted octanol–water partition coefficient (Wildman–Crippen LogP) is 2.58. The molecule has 2 aromatic rings. The number of carbonyl (C=O) groups excluding carboxylic acids is 2. The first-order valence-corrected chi connectivity index (χ1v) is 7.53. The molecule has 0 heterocycles. The molecule has 21 heavy (non-hydrogen) atoms. The van der Waals surface area contributed by atoms with Gasteiger partial charge in [-0.25, -0.2) is 0 Å². The standard InChI is InChI=1S/C16H15IN2O2/c1-18-15(20)12-4-2-11(3-5-12)10-19-16(21)13-6-8-14(17)9-7-13/h2-9H,10H2,1H3,(H,18,20)(H,19,21). The van der Waals surface area contributed by atoms with Crippen LogP contribution in [0.4, 0.5) is 0 Å². The summed E-state index contributed by atoms with van der Waals surface area (Å²) in [6, 6.07) is 14.5. The van der Waals surface area contributed by atoms with Crippen molar-refractivity contribution in [1.82, 2.24) is 10.6 Å². The molecule has 0 unspecified atom stereocenters. The molecule has 2 aromatic carbocycles. The molecule has 2 amide bonds. The number of amides is 2. The van der Waals surface area contributed by atoms with Gasteiger partial charge in [-0.2, -0.15) is 0 Å². The average molecular weight is 394 g/mol. The maximum Gasteiger partial charge on any atom is 0.251 e. The van der Waals surface area contributed by atoms with E-state index in [4.69, 9.17) is 0 Å². The Morgan fingerprint density at radius 3 is 2.00 bits per heavy atom. The SMILES string of the molecule is CNC(=O)c1ccc(CNC(=O)c2ccc(I)cc2)cc1. The van der Waals surface area contributed by atoms with Gasteiger partial charge in [0.2, 0.25) is 0 Å². The van der Waals surface area contributed by atoms with E-state index in [9.17, 15) is 9.59 Å². The van der Waals surface area contributed by atoms with Gasteiger partial charge < -0.3 is 10.6 Å². The first-order valence-electron chi connectivity index (χ1n) is 6.45. The second-order valence-corrected chi connectivity index (χ2v) is 5.71. The molecule has 0 saturated carbocycles. The average Bonchev–Trinajstić information content (AvgIpc) is 2.53. The van der Waals surface area contributed by atoms with Gasteiger partial charge in [-0.3, -0.25) is 9.59 Å². The van der Waals surface area contributed by atoms with Crippen molar-refractivity contribution in [3.63, 3.8) is 0 Å². The van der Waals surface area contributed by atoms with Crippen molar-refractivity contribution in [2.24, 2.45) is 0 Å². The van der Waals surface area contributed by atoms with E-state index in [-0.39, 0.29) is 11.8 Å². The largest absolute Gasteiger partial charge is 0.355 e. The lowest BCUT2D eigenvalue weighted by atomic mass is 10.1. The minimum Gasteiger partial charge on any atom is -0.355 e. The Morgan fingerprint density at radius 2 is 1.43 bits per heavy atom. The number of halogens is 1. The monoisotopic (exact) mass is 394 g/mol. The van der Waals surface area contributed by atoms with E-state index in [0.717, 1.165) is 9.13 Å². The Hall–Kier alpha value is -1.89. The molecular formula is C16H15IN2O2. The molecule has 5 heteroatoms. The molecule has 108 valence electrons. The molecule has 0 saturated heterocycles. The molecule has 0 spiro atoms. The van der Waals surface area contributed by atoms with Gasteiger partial charge in [-0.15, -0.1) is 0 Å². The van der Waals surface area contributed by atoms with Crippen LogP contribution < -0.4 is 10.6 Å². The number of hydrogen-bond acceptors (Lipinski definition) is 2. The summed E-state index contributed by atoms with van der Waals surface area (Å²) in [5, 5.41) is 5.42. The zero-order valence-corrected chi connectivity index (χ0v) is 13.7. The van der Waals surface area contributed by atoms with E-state index in [2.05, 4.69) is 33.2 Å². The molecule has 0 aromatic heterocycles. The second kappa shape index (κ2) is 7.21. The molecule has 0 aliphatic rings. The van der Waals surface area contributed by atoms with Crippen LogP contribution >= 0.6 is 22.6 Å². The van der Waals surface area contributed by atoms with E-state index >= 15 is 0 Å². The molecule has 0 fully saturated rings. The number of rotatable bonds is 4. The molecule has 0 aliphatic heterocycles. The van der Waals surface area contributed by atoms with Gasteiger partial charge in [0.05, 0.1) is 0 Å². The van der Waals surface area contributed by atoms with Crippen LogP contribution in [0.2, 0.25) is 0 Å². The summed E-state index contributed by atoms with van der Waals surface area (Å²) in [6.07, 6.45) is 0. The van der Waals surface area contributed by atoms with Crippen LogP contribution in [0.5, 0.6) is 0 Å². The van der Waals surface area contributed by atoms with Crippen molar-refractivity contribution in [2.75, 3.05) is 7.05 Å². The Bertz CT molecular complexity index is 636. The fourth-order valence-electron chi connectivity index (χ4n) is 1.80. The summed E-state index contributed by atoms with van der Waals surface area (Å²) in [4.78, 5) is 23.4. The van der Waals surface area contributed by atoms with E-state index in [0.29, 0.717) is 17.7 Å². The third kappa shape index (κ3) is 4.29. The zero-order chi connectivity index (χ0) is 15.2. The van der Waals surface area contributed by atoms with Crippen molar-refractivity contribution < 1.29 is 9.59 Å². The summed E-state index contributed by atoms with van der Waals surface area (Å²) in [7, 11) is 1.59. The van der Waals surface area contributed by atoms with E-state index in [1.54, 1.807) is 31.3 Å². The maximum atomic E-state index is 12.0. The molecular weight excluding hydrogens is 379 g/mol. The predicted molar refractivity (Wildman–Crippen MR) is 90.2 cm³/mol. The van der Waals surface area contributed by atoms with Gasteiger partial charge >= 0.3 is 0 Å². The summed E-state index contributed by atoms with van der Waals surface area (Å²) < 4.78 is 1.09. The van der Waals surface area contributed by atoms with Crippen molar-refractivity contribution in [2.45, 2.75) is 6.54 Å². The van der Waals surface area contributed by atoms with Gasteiger partial charge in [0, 0.05) is 28.3 Å². The van der Waals surface area contributed by atoms with Crippen LogP contribution in [0.25, 0.3) is 0 Å².